The average molecular weight is 431 g/mol. The third-order valence-electron chi connectivity index (χ3n) is 8.97. The molecule has 0 aromatic carbocycles. The van der Waals surface area contributed by atoms with Gasteiger partial charge in [0, 0.05) is 5.92 Å². The number of aliphatic hydroxyl groups excluding tert-OH is 2. The molecular formula is C28H46O3. The molecule has 3 nitrogen and oxygen atoms in total. The molecule has 0 bridgehead atoms. The summed E-state index contributed by atoms with van der Waals surface area (Å²) < 4.78 is 0. The Morgan fingerprint density at radius 2 is 1.94 bits per heavy atom. The van der Waals surface area contributed by atoms with Crippen molar-refractivity contribution in [1.29, 1.82) is 0 Å². The third-order valence-corrected chi connectivity index (χ3v) is 8.97. The van der Waals surface area contributed by atoms with E-state index in [1.54, 1.807) is 5.57 Å². The highest BCUT2D eigenvalue weighted by Crippen LogP contribution is 2.60. The maximum absolute atomic E-state index is 10.4. The third kappa shape index (κ3) is 5.37. The Bertz CT molecular complexity index is 712. The van der Waals surface area contributed by atoms with Crippen LogP contribution in [0.3, 0.4) is 0 Å². The van der Waals surface area contributed by atoms with Gasteiger partial charge in [-0.25, -0.2) is 0 Å². The summed E-state index contributed by atoms with van der Waals surface area (Å²) in [6, 6.07) is 0. The zero-order valence-corrected chi connectivity index (χ0v) is 20.5. The minimum absolute atomic E-state index is 0.149. The molecule has 0 amide bonds. The zero-order chi connectivity index (χ0) is 23.0. The van der Waals surface area contributed by atoms with Gasteiger partial charge < -0.3 is 15.3 Å². The van der Waals surface area contributed by atoms with Gasteiger partial charge in [0.25, 0.3) is 0 Å². The van der Waals surface area contributed by atoms with E-state index < -0.39 is 17.8 Å². The quantitative estimate of drug-likeness (QED) is 0.488. The molecule has 0 heterocycles. The van der Waals surface area contributed by atoms with Crippen molar-refractivity contribution in [1.82, 2.24) is 0 Å². The highest BCUT2D eigenvalue weighted by molar-refractivity contribution is 5.39. The molecule has 7 atom stereocenters. The largest absolute Gasteiger partial charge is 0.392 e. The van der Waals surface area contributed by atoms with Crippen LogP contribution < -0.4 is 0 Å². The molecule has 0 unspecified atom stereocenters. The first-order valence-electron chi connectivity index (χ1n) is 12.6. The summed E-state index contributed by atoms with van der Waals surface area (Å²) in [5.74, 6) is 1.94. The monoisotopic (exact) mass is 430 g/mol. The molecule has 3 fully saturated rings. The van der Waals surface area contributed by atoms with Crippen LogP contribution in [0, 0.1) is 29.1 Å². The Labute approximate surface area is 190 Å². The Kier molecular flexibility index (Phi) is 7.61. The van der Waals surface area contributed by atoms with Crippen LogP contribution in [-0.4, -0.2) is 33.1 Å². The number of aliphatic hydroxyl groups is 3. The lowest BCUT2D eigenvalue weighted by Crippen LogP contribution is -2.36. The zero-order valence-electron chi connectivity index (χ0n) is 20.5. The van der Waals surface area contributed by atoms with Crippen molar-refractivity contribution in [3.8, 4) is 0 Å². The maximum atomic E-state index is 10.4. The predicted molar refractivity (Wildman–Crippen MR) is 129 cm³/mol. The lowest BCUT2D eigenvalue weighted by molar-refractivity contribution is 0.0283. The van der Waals surface area contributed by atoms with Gasteiger partial charge in [0.2, 0.25) is 0 Å². The summed E-state index contributed by atoms with van der Waals surface area (Å²) in [5.41, 5.74) is 3.15. The molecular weight excluding hydrogens is 384 g/mol. The fraction of sp³-hybridized carbons (Fsp3) is 0.786. The second kappa shape index (κ2) is 9.53. The van der Waals surface area contributed by atoms with Gasteiger partial charge >= 0.3 is 0 Å². The number of rotatable bonds is 6. The van der Waals surface area contributed by atoms with Gasteiger partial charge in [0.05, 0.1) is 17.8 Å². The summed E-state index contributed by atoms with van der Waals surface area (Å²) in [5, 5.41) is 30.7. The van der Waals surface area contributed by atoms with Gasteiger partial charge in [0.1, 0.15) is 0 Å². The van der Waals surface area contributed by atoms with Crippen LogP contribution in [0.4, 0.5) is 0 Å². The smallest absolute Gasteiger partial charge is 0.0837 e. The van der Waals surface area contributed by atoms with Crippen molar-refractivity contribution in [3.05, 3.63) is 35.5 Å². The van der Waals surface area contributed by atoms with E-state index in [-0.39, 0.29) is 5.92 Å². The second-order valence-corrected chi connectivity index (χ2v) is 11.8. The van der Waals surface area contributed by atoms with Gasteiger partial charge in [-0.15, -0.1) is 0 Å². The Morgan fingerprint density at radius 1 is 1.23 bits per heavy atom. The summed E-state index contributed by atoms with van der Waals surface area (Å²) in [4.78, 5) is 0. The lowest BCUT2D eigenvalue weighted by Gasteiger charge is -2.44. The first-order chi connectivity index (χ1) is 14.4. The molecule has 3 aliphatic rings. The number of allylic oxidation sites excluding steroid dienone is 3. The fourth-order valence-corrected chi connectivity index (χ4v) is 6.91. The standard InChI is InChI=1S/C28H46O3/c1-18(9-7-15-27(4,5)31)23-13-14-24-21(10-8-16-28(23,24)6)11-12-22-17-25(29)20(3)26(30)19(22)2/h11-12,18,20,23-26,29-31H,2,7-10,13-17H2,1,3-6H3/b21-11+,22-12-/t18-,20+,23+,24-,25-,26-,28+/m0/s1. The van der Waals surface area contributed by atoms with Gasteiger partial charge in [-0.2, -0.15) is 0 Å². The molecule has 0 aliphatic heterocycles. The Balaban J connectivity index is 1.71. The molecule has 0 aromatic heterocycles. The minimum Gasteiger partial charge on any atom is -0.392 e. The first kappa shape index (κ1) is 24.7. The Morgan fingerprint density at radius 3 is 2.61 bits per heavy atom. The minimum atomic E-state index is -0.648. The second-order valence-electron chi connectivity index (χ2n) is 11.8. The van der Waals surface area contributed by atoms with E-state index in [0.29, 0.717) is 23.7 Å². The van der Waals surface area contributed by atoms with Gasteiger partial charge in [-0.05, 0) is 93.1 Å². The van der Waals surface area contributed by atoms with Crippen LogP contribution in [0.5, 0.6) is 0 Å². The van der Waals surface area contributed by atoms with Crippen molar-refractivity contribution in [2.24, 2.45) is 29.1 Å². The van der Waals surface area contributed by atoms with Crippen molar-refractivity contribution in [3.63, 3.8) is 0 Å². The molecule has 3 N–H and O–H groups in total. The topological polar surface area (TPSA) is 60.7 Å². The van der Waals surface area contributed by atoms with Crippen LogP contribution in [0.15, 0.2) is 35.5 Å². The lowest BCUT2D eigenvalue weighted by atomic mass is 9.60. The van der Waals surface area contributed by atoms with Crippen LogP contribution >= 0.6 is 0 Å². The first-order valence-corrected chi connectivity index (χ1v) is 12.6. The van der Waals surface area contributed by atoms with E-state index >= 15 is 0 Å². The van der Waals surface area contributed by atoms with Crippen LogP contribution in [0.1, 0.15) is 92.4 Å². The summed E-state index contributed by atoms with van der Waals surface area (Å²) in [7, 11) is 0. The van der Waals surface area contributed by atoms with Gasteiger partial charge in [-0.3, -0.25) is 0 Å². The van der Waals surface area contributed by atoms with E-state index in [9.17, 15) is 15.3 Å². The number of hydrogen-bond donors (Lipinski definition) is 3. The molecule has 31 heavy (non-hydrogen) atoms. The van der Waals surface area contributed by atoms with Crippen molar-refractivity contribution >= 4 is 0 Å². The van der Waals surface area contributed by atoms with E-state index in [4.69, 9.17) is 0 Å². The number of hydrogen-bond acceptors (Lipinski definition) is 3. The molecule has 3 saturated carbocycles. The van der Waals surface area contributed by atoms with Gasteiger partial charge in [0.15, 0.2) is 0 Å². The summed E-state index contributed by atoms with van der Waals surface area (Å²) in [6.45, 7) is 14.8. The van der Waals surface area contributed by atoms with Crippen LogP contribution in [0.2, 0.25) is 0 Å². The molecule has 3 heteroatoms. The normalized spacial score (nSPS) is 40.4. The molecule has 3 aliphatic carbocycles. The highest BCUT2D eigenvalue weighted by atomic mass is 16.3. The Hall–Kier alpha value is -0.900. The van der Waals surface area contributed by atoms with Crippen molar-refractivity contribution in [2.45, 2.75) is 110 Å². The van der Waals surface area contributed by atoms with E-state index in [1.807, 2.05) is 20.8 Å². The molecule has 176 valence electrons. The van der Waals surface area contributed by atoms with Crippen LogP contribution in [0.25, 0.3) is 0 Å². The highest BCUT2D eigenvalue weighted by Gasteiger charge is 2.50. The van der Waals surface area contributed by atoms with Gasteiger partial charge in [-0.1, -0.05) is 57.9 Å². The van der Waals surface area contributed by atoms with E-state index in [1.165, 1.54) is 32.1 Å². The van der Waals surface area contributed by atoms with E-state index in [0.717, 1.165) is 36.3 Å². The predicted octanol–water partition coefficient (Wildman–Crippen LogP) is 5.95. The van der Waals surface area contributed by atoms with E-state index in [2.05, 4.69) is 32.6 Å². The summed E-state index contributed by atoms with van der Waals surface area (Å²) >= 11 is 0. The number of fused-ring (bicyclic) bond motifs is 1. The summed E-state index contributed by atoms with van der Waals surface area (Å²) in [6.07, 6.45) is 13.4. The fourth-order valence-electron chi connectivity index (χ4n) is 6.91. The molecule has 0 aromatic rings. The molecule has 0 saturated heterocycles. The molecule has 0 radical (unpaired) electrons. The maximum Gasteiger partial charge on any atom is 0.0837 e. The van der Waals surface area contributed by atoms with Crippen molar-refractivity contribution in [2.75, 3.05) is 0 Å². The van der Waals surface area contributed by atoms with Crippen molar-refractivity contribution < 1.29 is 15.3 Å². The SMILES string of the molecule is C=C1/C(=C\C=C2/CCC[C@]3(C)[C@@H]([C@@H](C)CCCC(C)(C)O)CC[C@@H]23)C[C@H](O)[C@@H](C)[C@H]1O. The van der Waals surface area contributed by atoms with Crippen LogP contribution in [-0.2, 0) is 0 Å². The molecule has 0 spiro atoms. The molecule has 3 rings (SSSR count). The average Bonchev–Trinajstić information content (AvgIpc) is 3.04.